The summed E-state index contributed by atoms with van der Waals surface area (Å²) in [5, 5.41) is 3.06. The van der Waals surface area contributed by atoms with E-state index in [0.717, 1.165) is 30.2 Å². The Bertz CT molecular complexity index is 854. The first-order chi connectivity index (χ1) is 12.5. The normalized spacial score (nSPS) is 20.0. The summed E-state index contributed by atoms with van der Waals surface area (Å²) in [5.74, 6) is -0.996. The number of amides is 2. The largest absolute Gasteiger partial charge is 0.416 e. The van der Waals surface area contributed by atoms with Crippen LogP contribution in [0.2, 0.25) is 0 Å². The van der Waals surface area contributed by atoms with Gasteiger partial charge in [0.15, 0.2) is 0 Å². The fourth-order valence-corrected chi connectivity index (χ4v) is 3.40. The zero-order valence-electron chi connectivity index (χ0n) is 15.0. The Labute approximate surface area is 151 Å². The minimum absolute atomic E-state index is 0.0535. The highest BCUT2D eigenvalue weighted by atomic mass is 16.4. The molecule has 2 aromatic rings. The molecule has 0 radical (unpaired) electrons. The van der Waals surface area contributed by atoms with Gasteiger partial charge in [0, 0.05) is 18.6 Å². The van der Waals surface area contributed by atoms with Crippen molar-refractivity contribution in [2.75, 3.05) is 6.54 Å². The molecule has 26 heavy (non-hydrogen) atoms. The minimum Gasteiger partial charge on any atom is -0.416 e. The van der Waals surface area contributed by atoms with E-state index in [1.807, 2.05) is 38.1 Å². The van der Waals surface area contributed by atoms with Crippen molar-refractivity contribution in [2.45, 2.75) is 45.2 Å². The average Bonchev–Trinajstić information content (AvgIpc) is 3.05. The lowest BCUT2D eigenvalue weighted by Gasteiger charge is -2.39. The molecule has 0 saturated carbocycles. The second-order valence-corrected chi connectivity index (χ2v) is 6.72. The summed E-state index contributed by atoms with van der Waals surface area (Å²) in [7, 11) is 0. The van der Waals surface area contributed by atoms with Gasteiger partial charge in [-0.2, -0.15) is 0 Å². The van der Waals surface area contributed by atoms with E-state index < -0.39 is 5.76 Å². The molecule has 1 aliphatic rings. The molecule has 3 rings (SSSR count). The van der Waals surface area contributed by atoms with Crippen LogP contribution >= 0.6 is 0 Å². The van der Waals surface area contributed by atoms with E-state index in [1.54, 1.807) is 4.90 Å². The van der Waals surface area contributed by atoms with Crippen molar-refractivity contribution in [3.63, 3.8) is 0 Å². The zero-order chi connectivity index (χ0) is 18.7. The Morgan fingerprint density at radius 3 is 2.81 bits per heavy atom. The van der Waals surface area contributed by atoms with E-state index in [2.05, 4.69) is 14.7 Å². The number of oxazole rings is 1. The number of piperidine rings is 1. The van der Waals surface area contributed by atoms with E-state index in [1.165, 1.54) is 0 Å². The standard InChI is InChI=1S/C19H23N3O4/c1-12-6-3-4-7-14(12)10-17(23)20-15-8-5-9-22(13(15)2)18(24)16-11-26-19(25)21-16/h3-4,6-7,11,13,15H,5,8-10H2,1-2H3,(H,20,23)(H,21,25). The molecular weight excluding hydrogens is 334 g/mol. The van der Waals surface area contributed by atoms with Crippen LogP contribution in [0.25, 0.3) is 0 Å². The molecule has 0 bridgehead atoms. The maximum Gasteiger partial charge on any atom is 0.416 e. The van der Waals surface area contributed by atoms with Gasteiger partial charge in [0.2, 0.25) is 5.91 Å². The first-order valence-corrected chi connectivity index (χ1v) is 8.78. The molecule has 1 fully saturated rings. The molecule has 1 aromatic heterocycles. The Kier molecular flexibility index (Phi) is 5.25. The molecule has 2 unspecified atom stereocenters. The molecule has 2 heterocycles. The Hall–Kier alpha value is -2.83. The first-order valence-electron chi connectivity index (χ1n) is 8.78. The second-order valence-electron chi connectivity index (χ2n) is 6.72. The predicted molar refractivity (Wildman–Crippen MR) is 95.9 cm³/mol. The molecule has 2 N–H and O–H groups in total. The fraction of sp³-hybridized carbons (Fsp3) is 0.421. The van der Waals surface area contributed by atoms with Gasteiger partial charge < -0.3 is 14.6 Å². The molecule has 7 nitrogen and oxygen atoms in total. The van der Waals surface area contributed by atoms with Gasteiger partial charge in [-0.05, 0) is 37.8 Å². The van der Waals surface area contributed by atoms with Gasteiger partial charge in [-0.15, -0.1) is 0 Å². The van der Waals surface area contributed by atoms with E-state index in [9.17, 15) is 14.4 Å². The number of hydrogen-bond donors (Lipinski definition) is 2. The molecule has 7 heteroatoms. The molecule has 138 valence electrons. The van der Waals surface area contributed by atoms with Crippen LogP contribution in [0, 0.1) is 6.92 Å². The fourth-order valence-electron chi connectivity index (χ4n) is 3.40. The van der Waals surface area contributed by atoms with E-state index in [-0.39, 0.29) is 29.6 Å². The number of benzene rings is 1. The van der Waals surface area contributed by atoms with Gasteiger partial charge >= 0.3 is 5.76 Å². The lowest BCUT2D eigenvalue weighted by molar-refractivity contribution is -0.121. The van der Waals surface area contributed by atoms with Crippen LogP contribution in [0.3, 0.4) is 0 Å². The summed E-state index contributed by atoms with van der Waals surface area (Å²) >= 11 is 0. The van der Waals surface area contributed by atoms with Crippen LogP contribution in [0.5, 0.6) is 0 Å². The quantitative estimate of drug-likeness (QED) is 0.869. The van der Waals surface area contributed by atoms with Crippen LogP contribution in [0.15, 0.2) is 39.7 Å². The number of carbonyl (C=O) groups is 2. The molecule has 2 atom stereocenters. The Morgan fingerprint density at radius 1 is 1.35 bits per heavy atom. The van der Waals surface area contributed by atoms with Gasteiger partial charge in [0.25, 0.3) is 5.91 Å². The summed E-state index contributed by atoms with van der Waals surface area (Å²) in [6.07, 6.45) is 3.05. The molecule has 0 spiro atoms. The first kappa shape index (κ1) is 18.0. The number of carbonyl (C=O) groups excluding carboxylic acids is 2. The monoisotopic (exact) mass is 357 g/mol. The highest BCUT2D eigenvalue weighted by Crippen LogP contribution is 2.20. The number of aromatic amines is 1. The van der Waals surface area contributed by atoms with Crippen molar-refractivity contribution < 1.29 is 14.0 Å². The minimum atomic E-state index is -0.652. The molecule has 0 aliphatic carbocycles. The third-order valence-electron chi connectivity index (χ3n) is 4.96. The van der Waals surface area contributed by atoms with Gasteiger partial charge in [-0.25, -0.2) is 4.79 Å². The lowest BCUT2D eigenvalue weighted by atomic mass is 9.96. The van der Waals surface area contributed by atoms with Crippen LogP contribution in [-0.2, 0) is 11.2 Å². The third kappa shape index (κ3) is 3.87. The van der Waals surface area contributed by atoms with E-state index in [0.29, 0.717) is 13.0 Å². The van der Waals surface area contributed by atoms with Crippen molar-refractivity contribution in [1.82, 2.24) is 15.2 Å². The van der Waals surface area contributed by atoms with Crippen LogP contribution in [-0.4, -0.2) is 40.3 Å². The highest BCUT2D eigenvalue weighted by Gasteiger charge is 2.33. The number of nitrogens with zero attached hydrogens (tertiary/aromatic N) is 1. The number of rotatable bonds is 4. The zero-order valence-corrected chi connectivity index (χ0v) is 15.0. The topological polar surface area (TPSA) is 95.4 Å². The van der Waals surface area contributed by atoms with Gasteiger partial charge in [-0.3, -0.25) is 14.6 Å². The average molecular weight is 357 g/mol. The molecular formula is C19H23N3O4. The molecule has 2 amide bonds. The lowest BCUT2D eigenvalue weighted by Crippen LogP contribution is -2.56. The van der Waals surface area contributed by atoms with Crippen LogP contribution < -0.4 is 11.1 Å². The number of aromatic nitrogens is 1. The smallest absolute Gasteiger partial charge is 0.416 e. The van der Waals surface area contributed by atoms with Gasteiger partial charge in [-0.1, -0.05) is 24.3 Å². The Balaban J connectivity index is 1.65. The summed E-state index contributed by atoms with van der Waals surface area (Å²) in [6, 6.07) is 7.51. The summed E-state index contributed by atoms with van der Waals surface area (Å²) in [6.45, 7) is 4.48. The van der Waals surface area contributed by atoms with Crippen molar-refractivity contribution in [3.8, 4) is 0 Å². The van der Waals surface area contributed by atoms with E-state index >= 15 is 0 Å². The summed E-state index contributed by atoms with van der Waals surface area (Å²) in [5.41, 5.74) is 2.21. The SMILES string of the molecule is Cc1ccccc1CC(=O)NC1CCCN(C(=O)c2coc(=O)[nH]2)C1C. The Morgan fingerprint density at radius 2 is 2.12 bits per heavy atom. The molecule has 1 saturated heterocycles. The maximum absolute atomic E-state index is 12.6. The number of nitrogens with one attached hydrogen (secondary N) is 2. The summed E-state index contributed by atoms with van der Waals surface area (Å²) in [4.78, 5) is 40.2. The summed E-state index contributed by atoms with van der Waals surface area (Å²) < 4.78 is 4.65. The predicted octanol–water partition coefficient (Wildman–Crippen LogP) is 1.63. The number of hydrogen-bond acceptors (Lipinski definition) is 4. The number of aryl methyl sites for hydroxylation is 1. The second kappa shape index (κ2) is 7.59. The van der Waals surface area contributed by atoms with Crippen molar-refractivity contribution in [1.29, 1.82) is 0 Å². The van der Waals surface area contributed by atoms with Gasteiger partial charge in [0.05, 0.1) is 6.42 Å². The van der Waals surface area contributed by atoms with Gasteiger partial charge in [0.1, 0.15) is 12.0 Å². The molecule has 1 aliphatic heterocycles. The van der Waals surface area contributed by atoms with Crippen LogP contribution in [0.4, 0.5) is 0 Å². The number of H-pyrrole nitrogens is 1. The van der Waals surface area contributed by atoms with Crippen molar-refractivity contribution >= 4 is 11.8 Å². The molecule has 1 aromatic carbocycles. The maximum atomic E-state index is 12.6. The number of likely N-dealkylation sites (tertiary alicyclic amines) is 1. The van der Waals surface area contributed by atoms with Crippen LogP contribution in [0.1, 0.15) is 41.4 Å². The third-order valence-corrected chi connectivity index (χ3v) is 4.96. The van der Waals surface area contributed by atoms with E-state index in [4.69, 9.17) is 0 Å². The van der Waals surface area contributed by atoms with Crippen molar-refractivity contribution in [2.24, 2.45) is 0 Å². The highest BCUT2D eigenvalue weighted by molar-refractivity contribution is 5.92. The van der Waals surface area contributed by atoms with Crippen molar-refractivity contribution in [3.05, 3.63) is 57.9 Å².